The molecule has 0 unspecified atom stereocenters. The van der Waals surface area contributed by atoms with Crippen LogP contribution in [-0.4, -0.2) is 15.4 Å². The van der Waals surface area contributed by atoms with Crippen LogP contribution >= 0.6 is 12.4 Å². The minimum Gasteiger partial charge on any atom is -0.412 e. The Hall–Kier alpha value is -1.92. The van der Waals surface area contributed by atoms with Crippen LogP contribution in [0.1, 0.15) is 0 Å². The van der Waals surface area contributed by atoms with Crippen molar-refractivity contribution in [3.63, 3.8) is 0 Å². The number of para-hydroxylation sites is 1. The highest BCUT2D eigenvalue weighted by molar-refractivity contribution is 5.91. The van der Waals surface area contributed by atoms with Crippen LogP contribution in [0, 0.1) is 10.1 Å². The van der Waals surface area contributed by atoms with Crippen molar-refractivity contribution < 1.29 is 10.4 Å². The van der Waals surface area contributed by atoms with E-state index in [-0.39, 0.29) is 23.7 Å². The lowest BCUT2D eigenvalue weighted by atomic mass is 10.2. The molecule has 1 heterocycles. The molecule has 0 spiro atoms. The van der Waals surface area contributed by atoms with Crippen molar-refractivity contribution in [1.82, 2.24) is 4.98 Å². The number of benzene rings is 1. The first-order chi connectivity index (χ1) is 6.68. The summed E-state index contributed by atoms with van der Waals surface area (Å²) in [5, 5.41) is 11.2. The van der Waals surface area contributed by atoms with Crippen molar-refractivity contribution in [2.75, 3.05) is 5.73 Å². The smallest absolute Gasteiger partial charge is 0.366 e. The second-order valence-corrected chi connectivity index (χ2v) is 2.84. The molecule has 0 radical (unpaired) electrons. The predicted octanol–water partition coefficient (Wildman–Crippen LogP) is 1.32. The van der Waals surface area contributed by atoms with Crippen molar-refractivity contribution >= 4 is 34.8 Å². The number of nitro groups is 1. The molecule has 4 N–H and O–H groups in total. The molecule has 0 fully saturated rings. The largest absolute Gasteiger partial charge is 0.412 e. The van der Waals surface area contributed by atoms with Gasteiger partial charge in [0.1, 0.15) is 0 Å². The van der Waals surface area contributed by atoms with Gasteiger partial charge in [0, 0.05) is 5.39 Å². The van der Waals surface area contributed by atoms with E-state index in [9.17, 15) is 10.1 Å². The number of nitrogen functional groups attached to an aromatic ring is 1. The van der Waals surface area contributed by atoms with Crippen molar-refractivity contribution in [1.29, 1.82) is 0 Å². The van der Waals surface area contributed by atoms with Gasteiger partial charge in [-0.2, -0.15) is 0 Å². The Morgan fingerprint density at radius 3 is 2.56 bits per heavy atom. The number of hydrogen-bond acceptors (Lipinski definition) is 4. The Morgan fingerprint density at radius 2 is 1.94 bits per heavy atom. The monoisotopic (exact) mass is 243 g/mol. The molecule has 1 aromatic carbocycles. The number of fused-ring (bicyclic) bond motifs is 1. The van der Waals surface area contributed by atoms with Gasteiger partial charge >= 0.3 is 5.82 Å². The molecule has 0 amide bonds. The first-order valence-electron chi connectivity index (χ1n) is 3.98. The number of pyridine rings is 1. The molecule has 0 atom stereocenters. The van der Waals surface area contributed by atoms with Crippen LogP contribution in [0.25, 0.3) is 10.9 Å². The second-order valence-electron chi connectivity index (χ2n) is 2.84. The molecule has 7 heteroatoms. The Labute approximate surface area is 97.0 Å². The van der Waals surface area contributed by atoms with E-state index in [0.29, 0.717) is 11.2 Å². The van der Waals surface area contributed by atoms with Gasteiger partial charge in [-0.3, -0.25) is 0 Å². The Balaban J connectivity index is 0.00000112. The van der Waals surface area contributed by atoms with Crippen molar-refractivity contribution in [2.24, 2.45) is 0 Å². The number of anilines is 1. The summed E-state index contributed by atoms with van der Waals surface area (Å²) in [6.45, 7) is 0. The van der Waals surface area contributed by atoms with Crippen LogP contribution in [0.3, 0.4) is 0 Å². The van der Waals surface area contributed by atoms with Crippen molar-refractivity contribution in [2.45, 2.75) is 0 Å². The van der Waals surface area contributed by atoms with Gasteiger partial charge in [-0.05, 0) is 22.0 Å². The summed E-state index contributed by atoms with van der Waals surface area (Å²) < 4.78 is 0. The fourth-order valence-corrected chi connectivity index (χ4v) is 1.28. The number of hydrogen-bond donors (Lipinski definition) is 1. The fourth-order valence-electron chi connectivity index (χ4n) is 1.28. The minimum absolute atomic E-state index is 0. The lowest BCUT2D eigenvalue weighted by molar-refractivity contribution is -0.389. The molecule has 6 nitrogen and oxygen atoms in total. The normalized spacial score (nSPS) is 9.00. The van der Waals surface area contributed by atoms with Gasteiger partial charge in [0.25, 0.3) is 0 Å². The summed E-state index contributed by atoms with van der Waals surface area (Å²) in [7, 11) is 0. The topological polar surface area (TPSA) is 114 Å². The Morgan fingerprint density at radius 1 is 1.31 bits per heavy atom. The third-order valence-corrected chi connectivity index (χ3v) is 1.92. The molecule has 0 saturated heterocycles. The van der Waals surface area contributed by atoms with Crippen LogP contribution in [0.15, 0.2) is 30.3 Å². The van der Waals surface area contributed by atoms with E-state index in [0.717, 1.165) is 5.39 Å². The highest BCUT2D eigenvalue weighted by Crippen LogP contribution is 2.23. The number of nitrogens with two attached hydrogens (primary N) is 1. The van der Waals surface area contributed by atoms with Gasteiger partial charge in [-0.15, -0.1) is 12.4 Å². The predicted molar refractivity (Wildman–Crippen MR) is 63.7 cm³/mol. The molecular weight excluding hydrogens is 234 g/mol. The molecular formula is C9H10ClN3O3. The van der Waals surface area contributed by atoms with E-state index < -0.39 is 4.92 Å². The van der Waals surface area contributed by atoms with Gasteiger partial charge in [0.2, 0.25) is 0 Å². The maximum atomic E-state index is 10.5. The first kappa shape index (κ1) is 14.1. The molecule has 0 aliphatic heterocycles. The maximum absolute atomic E-state index is 10.5. The summed E-state index contributed by atoms with van der Waals surface area (Å²) in [5.74, 6) is -0.221. The summed E-state index contributed by atoms with van der Waals surface area (Å²) in [5.41, 5.74) is 6.57. The van der Waals surface area contributed by atoms with Crippen LogP contribution in [0.2, 0.25) is 0 Å². The lowest BCUT2D eigenvalue weighted by Gasteiger charge is -1.98. The molecule has 16 heavy (non-hydrogen) atoms. The quantitative estimate of drug-likeness (QED) is 0.601. The highest BCUT2D eigenvalue weighted by atomic mass is 35.5. The van der Waals surface area contributed by atoms with E-state index in [1.807, 2.05) is 6.07 Å². The van der Waals surface area contributed by atoms with Gasteiger partial charge in [0.15, 0.2) is 5.52 Å². The third kappa shape index (κ3) is 2.36. The number of nitrogens with zero attached hydrogens (tertiary/aromatic N) is 2. The Bertz CT molecular complexity index is 518. The van der Waals surface area contributed by atoms with E-state index >= 15 is 0 Å². The second kappa shape index (κ2) is 5.24. The summed E-state index contributed by atoms with van der Waals surface area (Å²) in [6.07, 6.45) is 0. The molecule has 2 aromatic rings. The van der Waals surface area contributed by atoms with Gasteiger partial charge in [0.05, 0.1) is 11.8 Å². The number of rotatable bonds is 1. The van der Waals surface area contributed by atoms with Gasteiger partial charge < -0.3 is 21.3 Å². The summed E-state index contributed by atoms with van der Waals surface area (Å²) in [4.78, 5) is 13.8. The third-order valence-electron chi connectivity index (χ3n) is 1.92. The number of halogens is 1. The SMILES string of the molecule is Cl.Nc1cc([N+](=O)[O-])nc2ccccc12.O. The van der Waals surface area contributed by atoms with E-state index in [1.165, 1.54) is 6.07 Å². The van der Waals surface area contributed by atoms with E-state index in [1.54, 1.807) is 18.2 Å². The van der Waals surface area contributed by atoms with Crippen LogP contribution in [0.5, 0.6) is 0 Å². The molecule has 86 valence electrons. The zero-order chi connectivity index (χ0) is 10.1. The Kier molecular flexibility index (Phi) is 4.61. The van der Waals surface area contributed by atoms with Gasteiger partial charge in [-0.25, -0.2) is 0 Å². The molecule has 2 rings (SSSR count). The summed E-state index contributed by atoms with van der Waals surface area (Å²) in [6, 6.07) is 8.31. The molecule has 0 aliphatic rings. The van der Waals surface area contributed by atoms with Crippen LogP contribution < -0.4 is 5.73 Å². The average molecular weight is 244 g/mol. The van der Waals surface area contributed by atoms with Gasteiger partial charge in [-0.1, -0.05) is 12.1 Å². The summed E-state index contributed by atoms with van der Waals surface area (Å²) >= 11 is 0. The fraction of sp³-hybridized carbons (Fsp3) is 0. The minimum atomic E-state index is -0.553. The zero-order valence-electron chi connectivity index (χ0n) is 8.08. The van der Waals surface area contributed by atoms with E-state index in [4.69, 9.17) is 5.73 Å². The van der Waals surface area contributed by atoms with E-state index in [2.05, 4.69) is 4.98 Å². The highest BCUT2D eigenvalue weighted by Gasteiger charge is 2.11. The number of aromatic nitrogens is 1. The molecule has 0 aliphatic carbocycles. The molecule has 0 bridgehead atoms. The average Bonchev–Trinajstić information content (AvgIpc) is 2.17. The molecule has 1 aromatic heterocycles. The molecule has 0 saturated carbocycles. The van der Waals surface area contributed by atoms with Crippen LogP contribution in [-0.2, 0) is 0 Å². The first-order valence-corrected chi connectivity index (χ1v) is 3.98. The maximum Gasteiger partial charge on any atom is 0.366 e. The lowest BCUT2D eigenvalue weighted by Crippen LogP contribution is -1.96. The van der Waals surface area contributed by atoms with Crippen molar-refractivity contribution in [3.8, 4) is 0 Å². The standard InChI is InChI=1S/C9H7N3O2.ClH.H2O/c10-7-5-9(12(13)14)11-8-4-2-1-3-6(7)8;;/h1-5H,(H2,10,11);1H;1H2. The van der Waals surface area contributed by atoms with Crippen LogP contribution in [0.4, 0.5) is 11.5 Å². The van der Waals surface area contributed by atoms with Crippen molar-refractivity contribution in [3.05, 3.63) is 40.4 Å². The zero-order valence-corrected chi connectivity index (χ0v) is 8.90.